The summed E-state index contributed by atoms with van der Waals surface area (Å²) < 4.78 is 0. The van der Waals surface area contributed by atoms with E-state index in [0.717, 1.165) is 31.3 Å². The molecule has 0 spiro atoms. The van der Waals surface area contributed by atoms with Gasteiger partial charge in [0.15, 0.2) is 11.7 Å². The molecule has 0 aromatic heterocycles. The van der Waals surface area contributed by atoms with E-state index >= 15 is 0 Å². The topological polar surface area (TPSA) is 48.8 Å². The number of thiocarbonyl (C=S) groups is 1. The first-order valence-corrected chi connectivity index (χ1v) is 10.7. The smallest absolute Gasteiger partial charge is 0.279 e. The van der Waals surface area contributed by atoms with E-state index in [-0.39, 0.29) is 5.91 Å². The first-order chi connectivity index (χ1) is 13.0. The summed E-state index contributed by atoms with van der Waals surface area (Å²) in [5.74, 6) is 0.695. The Morgan fingerprint density at radius 1 is 1.26 bits per heavy atom. The van der Waals surface area contributed by atoms with Gasteiger partial charge in [-0.2, -0.15) is 0 Å². The number of benzene rings is 1. The molecular formula is C20H30ClN4OS+. The molecular weight excluding hydrogens is 380 g/mol. The van der Waals surface area contributed by atoms with Gasteiger partial charge in [0, 0.05) is 6.04 Å². The molecule has 3 rings (SSSR count). The van der Waals surface area contributed by atoms with Crippen LogP contribution in [0.25, 0.3) is 0 Å². The summed E-state index contributed by atoms with van der Waals surface area (Å²) in [4.78, 5) is 15.8. The molecule has 3 N–H and O–H groups in total. The van der Waals surface area contributed by atoms with Crippen molar-refractivity contribution >= 4 is 40.5 Å². The maximum absolute atomic E-state index is 12.3. The first kappa shape index (κ1) is 20.4. The van der Waals surface area contributed by atoms with Crippen LogP contribution in [0.15, 0.2) is 24.3 Å². The maximum Gasteiger partial charge on any atom is 0.279 e. The Labute approximate surface area is 172 Å². The van der Waals surface area contributed by atoms with E-state index in [4.69, 9.17) is 23.8 Å². The van der Waals surface area contributed by atoms with Crippen molar-refractivity contribution in [3.05, 3.63) is 29.3 Å². The average molecular weight is 410 g/mol. The second kappa shape index (κ2) is 9.71. The number of piperazine rings is 1. The van der Waals surface area contributed by atoms with E-state index in [0.29, 0.717) is 29.2 Å². The van der Waals surface area contributed by atoms with Gasteiger partial charge in [-0.1, -0.05) is 43.5 Å². The first-order valence-electron chi connectivity index (χ1n) is 9.96. The molecule has 1 saturated carbocycles. The molecule has 5 nitrogen and oxygen atoms in total. The third-order valence-electron chi connectivity index (χ3n) is 5.74. The number of rotatable bonds is 4. The summed E-state index contributed by atoms with van der Waals surface area (Å²) in [7, 11) is 0. The van der Waals surface area contributed by atoms with Gasteiger partial charge in [-0.3, -0.25) is 4.79 Å². The predicted octanol–water partition coefficient (Wildman–Crippen LogP) is 1.93. The predicted molar refractivity (Wildman–Crippen MR) is 114 cm³/mol. The minimum Gasteiger partial charge on any atom is -0.360 e. The van der Waals surface area contributed by atoms with Gasteiger partial charge in [0.2, 0.25) is 0 Å². The van der Waals surface area contributed by atoms with Crippen LogP contribution < -0.4 is 15.5 Å². The van der Waals surface area contributed by atoms with Crippen molar-refractivity contribution in [1.29, 1.82) is 0 Å². The normalized spacial score (nSPS) is 23.7. The number of carbonyl (C=O) groups excluding carboxylic acids is 1. The molecule has 0 radical (unpaired) electrons. The van der Waals surface area contributed by atoms with Gasteiger partial charge >= 0.3 is 0 Å². The fourth-order valence-electron chi connectivity index (χ4n) is 3.97. The van der Waals surface area contributed by atoms with Gasteiger partial charge in [-0.15, -0.1) is 0 Å². The number of quaternary nitrogens is 1. The molecule has 1 heterocycles. The summed E-state index contributed by atoms with van der Waals surface area (Å²) in [5.41, 5.74) is 0.675. The monoisotopic (exact) mass is 409 g/mol. The Morgan fingerprint density at radius 3 is 2.67 bits per heavy atom. The molecule has 2 aliphatic rings. The number of hydrogen-bond donors (Lipinski definition) is 3. The minimum atomic E-state index is 0.00304. The van der Waals surface area contributed by atoms with Crippen LogP contribution in [-0.2, 0) is 4.79 Å². The molecule has 1 aromatic rings. The van der Waals surface area contributed by atoms with Gasteiger partial charge in [-0.05, 0) is 43.1 Å². The zero-order valence-corrected chi connectivity index (χ0v) is 17.5. The molecule has 1 aliphatic heterocycles. The van der Waals surface area contributed by atoms with Crippen molar-refractivity contribution in [2.45, 2.75) is 38.6 Å². The maximum atomic E-state index is 12.3. The van der Waals surface area contributed by atoms with Crippen molar-refractivity contribution in [2.75, 3.05) is 38.0 Å². The second-order valence-electron chi connectivity index (χ2n) is 7.76. The number of carbonyl (C=O) groups is 1. The zero-order valence-electron chi connectivity index (χ0n) is 16.0. The van der Waals surface area contributed by atoms with Gasteiger partial charge in [0.1, 0.15) is 0 Å². The average Bonchev–Trinajstić information content (AvgIpc) is 2.66. The molecule has 1 aromatic carbocycles. The van der Waals surface area contributed by atoms with Crippen LogP contribution >= 0.6 is 23.8 Å². The third-order valence-corrected chi connectivity index (χ3v) is 6.44. The highest BCUT2D eigenvalue weighted by molar-refractivity contribution is 7.80. The molecule has 0 unspecified atom stereocenters. The van der Waals surface area contributed by atoms with Crippen molar-refractivity contribution in [2.24, 2.45) is 5.92 Å². The number of para-hydroxylation sites is 1. The van der Waals surface area contributed by atoms with Crippen molar-refractivity contribution in [3.63, 3.8) is 0 Å². The molecule has 0 bridgehead atoms. The number of nitrogens with zero attached hydrogens (tertiary/aromatic N) is 1. The van der Waals surface area contributed by atoms with Crippen LogP contribution in [0, 0.1) is 5.92 Å². The lowest BCUT2D eigenvalue weighted by Crippen LogP contribution is -3.15. The fourth-order valence-corrected chi connectivity index (χ4v) is 4.48. The minimum absolute atomic E-state index is 0.00304. The lowest BCUT2D eigenvalue weighted by atomic mass is 9.86. The van der Waals surface area contributed by atoms with E-state index in [1.54, 1.807) is 6.07 Å². The molecule has 2 fully saturated rings. The van der Waals surface area contributed by atoms with E-state index in [2.05, 4.69) is 22.5 Å². The Hall–Kier alpha value is -1.37. The number of amides is 1. The Bertz CT molecular complexity index is 663. The summed E-state index contributed by atoms with van der Waals surface area (Å²) in [5, 5.41) is 7.95. The number of nitrogens with one attached hydrogen (secondary N) is 3. The molecule has 2 atom stereocenters. The van der Waals surface area contributed by atoms with Crippen LogP contribution in [0.1, 0.15) is 32.6 Å². The highest BCUT2D eigenvalue weighted by Gasteiger charge is 2.27. The summed E-state index contributed by atoms with van der Waals surface area (Å²) in [6, 6.07) is 7.84. The molecule has 1 amide bonds. The fraction of sp³-hybridized carbons (Fsp3) is 0.600. The summed E-state index contributed by atoms with van der Waals surface area (Å²) >= 11 is 11.8. The number of hydrogen-bond acceptors (Lipinski definition) is 2. The molecule has 27 heavy (non-hydrogen) atoms. The van der Waals surface area contributed by atoms with E-state index in [1.807, 2.05) is 18.2 Å². The molecule has 7 heteroatoms. The molecule has 1 saturated heterocycles. The van der Waals surface area contributed by atoms with Gasteiger partial charge < -0.3 is 20.4 Å². The SMILES string of the molecule is C[C@@H]1CCCC[C@H]1NC(=S)N1CC[NH+](CC(=O)Nc2ccccc2Cl)CC1. The summed E-state index contributed by atoms with van der Waals surface area (Å²) in [6.45, 7) is 6.39. The molecule has 1 aliphatic carbocycles. The number of anilines is 1. The van der Waals surface area contributed by atoms with E-state index in [1.165, 1.54) is 30.6 Å². The van der Waals surface area contributed by atoms with Crippen molar-refractivity contribution < 1.29 is 9.69 Å². The lowest BCUT2D eigenvalue weighted by Gasteiger charge is -2.37. The Balaban J connectivity index is 1.41. The van der Waals surface area contributed by atoms with Crippen LogP contribution in [-0.4, -0.2) is 54.7 Å². The highest BCUT2D eigenvalue weighted by atomic mass is 35.5. The summed E-state index contributed by atoms with van der Waals surface area (Å²) in [6.07, 6.45) is 5.14. The second-order valence-corrected chi connectivity index (χ2v) is 8.55. The van der Waals surface area contributed by atoms with Crippen LogP contribution in [0.2, 0.25) is 5.02 Å². The Morgan fingerprint density at radius 2 is 1.96 bits per heavy atom. The largest absolute Gasteiger partial charge is 0.360 e. The van der Waals surface area contributed by atoms with Gasteiger partial charge in [0.25, 0.3) is 5.91 Å². The van der Waals surface area contributed by atoms with Crippen molar-refractivity contribution in [1.82, 2.24) is 10.2 Å². The standard InChI is InChI=1S/C20H29ClN4OS/c1-15-6-2-4-8-17(15)23-20(27)25-12-10-24(11-13-25)14-19(26)22-18-9-5-3-7-16(18)21/h3,5,7,9,15,17H,2,4,6,8,10-14H2,1H3,(H,22,26)(H,23,27)/p+1/t15-,17-/m1/s1. The van der Waals surface area contributed by atoms with Crippen LogP contribution in [0.5, 0.6) is 0 Å². The zero-order chi connectivity index (χ0) is 19.2. The number of halogens is 1. The Kier molecular flexibility index (Phi) is 7.33. The van der Waals surface area contributed by atoms with Gasteiger partial charge in [0.05, 0.1) is 36.9 Å². The van der Waals surface area contributed by atoms with Crippen molar-refractivity contribution in [3.8, 4) is 0 Å². The van der Waals surface area contributed by atoms with Gasteiger partial charge in [-0.25, -0.2) is 0 Å². The highest BCUT2D eigenvalue weighted by Crippen LogP contribution is 2.24. The third kappa shape index (κ3) is 5.80. The lowest BCUT2D eigenvalue weighted by molar-refractivity contribution is -0.895. The van der Waals surface area contributed by atoms with Crippen LogP contribution in [0.4, 0.5) is 5.69 Å². The quantitative estimate of drug-likeness (QED) is 0.665. The van der Waals surface area contributed by atoms with E-state index < -0.39 is 0 Å². The molecule has 148 valence electrons. The van der Waals surface area contributed by atoms with Crippen LogP contribution in [0.3, 0.4) is 0 Å². The van der Waals surface area contributed by atoms with E-state index in [9.17, 15) is 4.79 Å².